The Hall–Kier alpha value is -1.50. The van der Waals surface area contributed by atoms with Gasteiger partial charge in [0.1, 0.15) is 0 Å². The van der Waals surface area contributed by atoms with Gasteiger partial charge in [-0.1, -0.05) is 24.3 Å². The third-order valence-corrected chi connectivity index (χ3v) is 2.61. The van der Waals surface area contributed by atoms with Crippen LogP contribution < -0.4 is 5.73 Å². The summed E-state index contributed by atoms with van der Waals surface area (Å²) in [5, 5.41) is 0. The highest BCUT2D eigenvalue weighted by Crippen LogP contribution is 2.27. The molecular weight excluding hydrogens is 170 g/mol. The lowest BCUT2D eigenvalue weighted by Crippen LogP contribution is -1.92. The van der Waals surface area contributed by atoms with Crippen LogP contribution in [0.3, 0.4) is 0 Å². The van der Waals surface area contributed by atoms with Crippen LogP contribution in [-0.2, 0) is 0 Å². The lowest BCUT2D eigenvalue weighted by Gasteiger charge is -2.13. The lowest BCUT2D eigenvalue weighted by molar-refractivity contribution is 1.02. The summed E-state index contributed by atoms with van der Waals surface area (Å²) in [6.45, 7) is 2.17. The molecule has 0 bridgehead atoms. The van der Waals surface area contributed by atoms with E-state index >= 15 is 0 Å². The maximum absolute atomic E-state index is 5.66. The molecular formula is C13H15N. The predicted octanol–water partition coefficient (Wildman–Crippen LogP) is 3.39. The number of hydrogen-bond acceptors (Lipinski definition) is 1. The third kappa shape index (κ3) is 1.72. The molecule has 0 radical (unpaired) electrons. The van der Waals surface area contributed by atoms with Crippen molar-refractivity contribution in [1.82, 2.24) is 0 Å². The Kier molecular flexibility index (Phi) is 2.40. The van der Waals surface area contributed by atoms with Crippen molar-refractivity contribution >= 4 is 11.3 Å². The van der Waals surface area contributed by atoms with E-state index in [9.17, 15) is 0 Å². The largest absolute Gasteiger partial charge is 0.399 e. The van der Waals surface area contributed by atoms with Gasteiger partial charge in [-0.2, -0.15) is 0 Å². The van der Waals surface area contributed by atoms with Crippen molar-refractivity contribution in [2.75, 3.05) is 5.73 Å². The molecule has 0 amide bonds. The van der Waals surface area contributed by atoms with Gasteiger partial charge in [0.2, 0.25) is 0 Å². The second kappa shape index (κ2) is 3.70. The Balaban J connectivity index is 2.35. The predicted molar refractivity (Wildman–Crippen MR) is 61.8 cm³/mol. The Morgan fingerprint density at radius 2 is 1.64 bits per heavy atom. The summed E-state index contributed by atoms with van der Waals surface area (Å²) >= 11 is 0. The van der Waals surface area contributed by atoms with Gasteiger partial charge in [0.05, 0.1) is 0 Å². The van der Waals surface area contributed by atoms with Gasteiger partial charge in [-0.25, -0.2) is 0 Å². The van der Waals surface area contributed by atoms with Crippen LogP contribution in [0.25, 0.3) is 5.57 Å². The lowest BCUT2D eigenvalue weighted by atomic mass is 9.93. The molecule has 1 aliphatic carbocycles. The highest BCUT2D eigenvalue weighted by molar-refractivity contribution is 5.79. The van der Waals surface area contributed by atoms with E-state index < -0.39 is 0 Å². The quantitative estimate of drug-likeness (QED) is 0.667. The number of nitrogens with two attached hydrogens (primary N) is 1. The van der Waals surface area contributed by atoms with E-state index in [1.165, 1.54) is 23.1 Å². The summed E-state index contributed by atoms with van der Waals surface area (Å²) in [6, 6.07) is 8.09. The van der Waals surface area contributed by atoms with Crippen LogP contribution in [0.4, 0.5) is 5.69 Å². The van der Waals surface area contributed by atoms with Crippen LogP contribution >= 0.6 is 0 Å². The molecule has 2 rings (SSSR count). The molecule has 0 fully saturated rings. The van der Waals surface area contributed by atoms with Crippen molar-refractivity contribution in [3.63, 3.8) is 0 Å². The Morgan fingerprint density at radius 1 is 1.00 bits per heavy atom. The van der Waals surface area contributed by atoms with Gasteiger partial charge in [0, 0.05) is 5.69 Å². The highest BCUT2D eigenvalue weighted by atomic mass is 14.5. The Labute approximate surface area is 84.9 Å². The first-order valence-electron chi connectivity index (χ1n) is 5.00. The molecule has 1 aromatic carbocycles. The molecule has 1 aliphatic rings. The number of hydrogen-bond donors (Lipinski definition) is 1. The van der Waals surface area contributed by atoms with E-state index in [1.807, 2.05) is 12.1 Å². The van der Waals surface area contributed by atoms with Crippen LogP contribution in [0.1, 0.15) is 25.3 Å². The smallest absolute Gasteiger partial charge is 0.0314 e. The third-order valence-electron chi connectivity index (χ3n) is 2.61. The molecule has 1 heteroatoms. The number of nitrogen functional groups attached to an aromatic ring is 1. The summed E-state index contributed by atoms with van der Waals surface area (Å²) in [5.74, 6) is 0. The van der Waals surface area contributed by atoms with E-state index in [4.69, 9.17) is 5.73 Å². The molecule has 0 saturated carbocycles. The van der Waals surface area contributed by atoms with Crippen molar-refractivity contribution in [2.45, 2.75) is 19.8 Å². The first-order valence-corrected chi connectivity index (χ1v) is 5.00. The molecule has 0 saturated heterocycles. The standard InChI is InChI=1S/C13H15N/c1-10-4-2-3-5-13(10)11-6-8-12(14)9-7-11/h4-9H,2-3,14H2,1H3. The highest BCUT2D eigenvalue weighted by Gasteiger charge is 2.06. The molecule has 0 unspecified atom stereocenters. The topological polar surface area (TPSA) is 26.0 Å². The zero-order chi connectivity index (χ0) is 9.97. The summed E-state index contributed by atoms with van der Waals surface area (Å²) < 4.78 is 0. The maximum Gasteiger partial charge on any atom is 0.0314 e. The fraction of sp³-hybridized carbons (Fsp3) is 0.231. The van der Waals surface area contributed by atoms with Gasteiger partial charge in [0.25, 0.3) is 0 Å². The second-order valence-corrected chi connectivity index (χ2v) is 3.70. The summed E-state index contributed by atoms with van der Waals surface area (Å²) in [4.78, 5) is 0. The van der Waals surface area contributed by atoms with E-state index in [2.05, 4.69) is 31.2 Å². The van der Waals surface area contributed by atoms with Gasteiger partial charge in [-0.3, -0.25) is 0 Å². The van der Waals surface area contributed by atoms with Gasteiger partial charge in [-0.05, 0) is 48.6 Å². The fourth-order valence-electron chi connectivity index (χ4n) is 1.81. The Bertz CT molecular complexity index is 382. The van der Waals surface area contributed by atoms with Crippen molar-refractivity contribution in [1.29, 1.82) is 0 Å². The average molecular weight is 185 g/mol. The monoisotopic (exact) mass is 185 g/mol. The number of anilines is 1. The number of allylic oxidation sites excluding steroid dienone is 4. The van der Waals surface area contributed by atoms with Crippen molar-refractivity contribution < 1.29 is 0 Å². The number of benzene rings is 1. The first-order chi connectivity index (χ1) is 6.77. The number of rotatable bonds is 1. The van der Waals surface area contributed by atoms with Crippen LogP contribution in [0, 0.1) is 0 Å². The minimum Gasteiger partial charge on any atom is -0.399 e. The zero-order valence-corrected chi connectivity index (χ0v) is 8.46. The van der Waals surface area contributed by atoms with Crippen molar-refractivity contribution in [3.05, 3.63) is 47.6 Å². The van der Waals surface area contributed by atoms with Crippen LogP contribution in [0.15, 0.2) is 42.0 Å². The zero-order valence-electron chi connectivity index (χ0n) is 8.46. The van der Waals surface area contributed by atoms with Gasteiger partial charge < -0.3 is 5.73 Å². The molecule has 0 aliphatic heterocycles. The Morgan fingerprint density at radius 3 is 2.29 bits per heavy atom. The van der Waals surface area contributed by atoms with Gasteiger partial charge in [0.15, 0.2) is 0 Å². The fourth-order valence-corrected chi connectivity index (χ4v) is 1.81. The van der Waals surface area contributed by atoms with Gasteiger partial charge >= 0.3 is 0 Å². The van der Waals surface area contributed by atoms with Crippen LogP contribution in [-0.4, -0.2) is 0 Å². The molecule has 72 valence electrons. The summed E-state index contributed by atoms with van der Waals surface area (Å²) in [7, 11) is 0. The van der Waals surface area contributed by atoms with E-state index in [0.29, 0.717) is 0 Å². The molecule has 0 spiro atoms. The maximum atomic E-state index is 5.66. The minimum atomic E-state index is 0.826. The van der Waals surface area contributed by atoms with Crippen LogP contribution in [0.2, 0.25) is 0 Å². The normalized spacial score (nSPS) is 16.1. The molecule has 1 nitrogen and oxygen atoms in total. The molecule has 14 heavy (non-hydrogen) atoms. The molecule has 1 aromatic rings. The molecule has 2 N–H and O–H groups in total. The van der Waals surface area contributed by atoms with Crippen molar-refractivity contribution in [3.8, 4) is 0 Å². The van der Waals surface area contributed by atoms with E-state index in [-0.39, 0.29) is 0 Å². The van der Waals surface area contributed by atoms with E-state index in [1.54, 1.807) is 0 Å². The molecule has 0 aromatic heterocycles. The first kappa shape index (κ1) is 9.07. The SMILES string of the molecule is CC1=CCCC=C1c1ccc(N)cc1. The van der Waals surface area contributed by atoms with Gasteiger partial charge in [-0.15, -0.1) is 0 Å². The molecule has 0 heterocycles. The van der Waals surface area contributed by atoms with E-state index in [0.717, 1.165) is 12.1 Å². The van der Waals surface area contributed by atoms with Crippen molar-refractivity contribution in [2.24, 2.45) is 0 Å². The van der Waals surface area contributed by atoms with Crippen LogP contribution in [0.5, 0.6) is 0 Å². The summed E-state index contributed by atoms with van der Waals surface area (Å²) in [6.07, 6.45) is 6.92. The summed E-state index contributed by atoms with van der Waals surface area (Å²) in [5.41, 5.74) is 10.5. The average Bonchev–Trinajstić information content (AvgIpc) is 2.20. The minimum absolute atomic E-state index is 0.826. The molecule has 0 atom stereocenters. The second-order valence-electron chi connectivity index (χ2n) is 3.70.